The summed E-state index contributed by atoms with van der Waals surface area (Å²) < 4.78 is 0. The van der Waals surface area contributed by atoms with E-state index in [1.807, 2.05) is 6.92 Å². The molecule has 1 aliphatic heterocycles. The maximum Gasteiger partial charge on any atom is 0.261 e. The van der Waals surface area contributed by atoms with Crippen LogP contribution in [0, 0.1) is 18.8 Å². The van der Waals surface area contributed by atoms with E-state index in [0.29, 0.717) is 18.4 Å². The Morgan fingerprint density at radius 3 is 2.39 bits per heavy atom. The first-order valence-electron chi connectivity index (χ1n) is 11.4. The van der Waals surface area contributed by atoms with Gasteiger partial charge in [-0.05, 0) is 31.4 Å². The average Bonchev–Trinajstić information content (AvgIpc) is 3.04. The number of aryl methyl sites for hydroxylation is 1. The van der Waals surface area contributed by atoms with Crippen LogP contribution in [0.5, 0.6) is 0 Å². The van der Waals surface area contributed by atoms with Crippen molar-refractivity contribution in [2.24, 2.45) is 11.8 Å². The summed E-state index contributed by atoms with van der Waals surface area (Å²) in [5, 5.41) is 4.17. The van der Waals surface area contributed by atoms with E-state index in [4.69, 9.17) is 0 Å². The van der Waals surface area contributed by atoms with Crippen LogP contribution in [0.1, 0.15) is 42.9 Å². The first-order valence-corrected chi connectivity index (χ1v) is 12.3. The van der Waals surface area contributed by atoms with Gasteiger partial charge >= 0.3 is 0 Å². The van der Waals surface area contributed by atoms with Crippen LogP contribution in [-0.2, 0) is 0 Å². The summed E-state index contributed by atoms with van der Waals surface area (Å²) in [6, 6.07) is 0. The smallest absolute Gasteiger partial charge is 0.261 e. The highest BCUT2D eigenvalue weighted by Crippen LogP contribution is 2.35. The van der Waals surface area contributed by atoms with Crippen LogP contribution in [0.4, 0.5) is 5.82 Å². The van der Waals surface area contributed by atoms with Crippen LogP contribution >= 0.6 is 11.3 Å². The third-order valence-corrected chi connectivity index (χ3v) is 6.87. The predicted octanol–water partition coefficient (Wildman–Crippen LogP) is 3.10. The Balaban J connectivity index is 1.70. The molecule has 1 amide bonds. The summed E-state index contributed by atoms with van der Waals surface area (Å²) in [7, 11) is 2.15. The van der Waals surface area contributed by atoms with Gasteiger partial charge in [-0.2, -0.15) is 0 Å². The second kappa shape index (κ2) is 10.7. The van der Waals surface area contributed by atoms with Gasteiger partial charge in [0.25, 0.3) is 5.91 Å². The fourth-order valence-corrected chi connectivity index (χ4v) is 5.29. The largest absolute Gasteiger partial charge is 0.353 e. The van der Waals surface area contributed by atoms with E-state index in [0.717, 1.165) is 72.3 Å². The SMILES string of the molecule is Cc1c(C(=O)NCCN(CC(C)C)CC(C)C)sc2ncnc(N3CCN(C)CC3)c12. The Hall–Kier alpha value is -1.77. The molecule has 8 heteroatoms. The van der Waals surface area contributed by atoms with E-state index in [1.54, 1.807) is 6.33 Å². The Morgan fingerprint density at radius 1 is 1.13 bits per heavy atom. The van der Waals surface area contributed by atoms with Crippen LogP contribution in [0.2, 0.25) is 0 Å². The molecule has 0 saturated carbocycles. The van der Waals surface area contributed by atoms with Gasteiger partial charge in [-0.25, -0.2) is 9.97 Å². The maximum atomic E-state index is 13.0. The number of rotatable bonds is 9. The highest BCUT2D eigenvalue weighted by molar-refractivity contribution is 7.20. The molecular formula is C23H38N6OS. The molecule has 0 aromatic carbocycles. The fraction of sp³-hybridized carbons (Fsp3) is 0.696. The number of aromatic nitrogens is 2. The third-order valence-electron chi connectivity index (χ3n) is 5.68. The predicted molar refractivity (Wildman–Crippen MR) is 130 cm³/mol. The van der Waals surface area contributed by atoms with Crippen molar-refractivity contribution in [3.63, 3.8) is 0 Å². The summed E-state index contributed by atoms with van der Waals surface area (Å²) in [6.45, 7) is 18.6. The first-order chi connectivity index (χ1) is 14.8. The Morgan fingerprint density at radius 2 is 1.77 bits per heavy atom. The summed E-state index contributed by atoms with van der Waals surface area (Å²) in [6.07, 6.45) is 1.63. The van der Waals surface area contributed by atoms with Gasteiger partial charge in [0, 0.05) is 52.4 Å². The molecule has 1 fully saturated rings. The summed E-state index contributed by atoms with van der Waals surface area (Å²) in [5.41, 5.74) is 0.994. The van der Waals surface area contributed by atoms with E-state index in [9.17, 15) is 4.79 Å². The number of piperazine rings is 1. The lowest BCUT2D eigenvalue weighted by molar-refractivity contribution is 0.0950. The summed E-state index contributed by atoms with van der Waals surface area (Å²) in [5.74, 6) is 2.20. The minimum atomic E-state index is -0.00105. The molecular weight excluding hydrogens is 408 g/mol. The van der Waals surface area contributed by atoms with Gasteiger partial charge in [0.2, 0.25) is 0 Å². The molecule has 0 spiro atoms. The number of thiophene rings is 1. The molecule has 172 valence electrons. The van der Waals surface area contributed by atoms with Gasteiger partial charge in [-0.3, -0.25) is 4.79 Å². The highest BCUT2D eigenvalue weighted by atomic mass is 32.1. The molecule has 31 heavy (non-hydrogen) atoms. The number of carbonyl (C=O) groups is 1. The molecule has 0 aliphatic carbocycles. The van der Waals surface area contributed by atoms with Crippen LogP contribution in [0.15, 0.2) is 6.33 Å². The second-order valence-corrected chi connectivity index (χ2v) is 10.5. The van der Waals surface area contributed by atoms with E-state index >= 15 is 0 Å². The van der Waals surface area contributed by atoms with E-state index < -0.39 is 0 Å². The number of likely N-dealkylation sites (N-methyl/N-ethyl adjacent to an activating group) is 1. The lowest BCUT2D eigenvalue weighted by atomic mass is 10.1. The molecule has 1 aliphatic rings. The monoisotopic (exact) mass is 446 g/mol. The fourth-order valence-electron chi connectivity index (χ4n) is 4.23. The van der Waals surface area contributed by atoms with E-state index in [2.05, 4.69) is 64.7 Å². The van der Waals surface area contributed by atoms with Crippen LogP contribution in [0.3, 0.4) is 0 Å². The van der Waals surface area contributed by atoms with Crippen molar-refractivity contribution in [3.8, 4) is 0 Å². The number of hydrogen-bond donors (Lipinski definition) is 1. The zero-order valence-corrected chi connectivity index (χ0v) is 20.8. The van der Waals surface area contributed by atoms with Gasteiger partial charge in [-0.1, -0.05) is 27.7 Å². The molecule has 2 aromatic heterocycles. The molecule has 3 rings (SSSR count). The lowest BCUT2D eigenvalue weighted by Crippen LogP contribution is -2.44. The normalized spacial score (nSPS) is 15.6. The Labute approximate surface area is 190 Å². The van der Waals surface area contributed by atoms with Crippen molar-refractivity contribution in [1.29, 1.82) is 0 Å². The minimum Gasteiger partial charge on any atom is -0.353 e. The topological polar surface area (TPSA) is 64.6 Å². The standard InChI is InChI=1S/C23H38N6OS/c1-16(2)13-28(14-17(3)4)8-7-24-22(30)20-18(5)19-21(25-15-26-23(19)31-20)29-11-9-27(6)10-12-29/h15-17H,7-14H2,1-6H3,(H,24,30). The summed E-state index contributed by atoms with van der Waals surface area (Å²) >= 11 is 1.48. The molecule has 0 radical (unpaired) electrons. The highest BCUT2D eigenvalue weighted by Gasteiger charge is 2.23. The average molecular weight is 447 g/mol. The van der Waals surface area contributed by atoms with Crippen LogP contribution < -0.4 is 10.2 Å². The lowest BCUT2D eigenvalue weighted by Gasteiger charge is -2.33. The molecule has 0 bridgehead atoms. The molecule has 0 atom stereocenters. The molecule has 2 aromatic rings. The number of carbonyl (C=O) groups excluding carboxylic acids is 1. The summed E-state index contributed by atoms with van der Waals surface area (Å²) in [4.78, 5) is 30.8. The number of amides is 1. The number of hydrogen-bond acceptors (Lipinski definition) is 7. The van der Waals surface area contributed by atoms with Gasteiger partial charge < -0.3 is 20.0 Å². The van der Waals surface area contributed by atoms with Crippen molar-refractivity contribution in [2.75, 3.05) is 64.3 Å². The zero-order valence-electron chi connectivity index (χ0n) is 19.9. The minimum absolute atomic E-state index is 0.00105. The Bertz CT molecular complexity index is 862. The van der Waals surface area contributed by atoms with Gasteiger partial charge in [0.15, 0.2) is 0 Å². The number of nitrogens with one attached hydrogen (secondary N) is 1. The van der Waals surface area contributed by atoms with Crippen molar-refractivity contribution in [3.05, 3.63) is 16.8 Å². The van der Waals surface area contributed by atoms with Crippen LogP contribution in [0.25, 0.3) is 10.2 Å². The van der Waals surface area contributed by atoms with Gasteiger partial charge in [-0.15, -0.1) is 11.3 Å². The molecule has 7 nitrogen and oxygen atoms in total. The quantitative estimate of drug-likeness (QED) is 0.639. The molecule has 1 saturated heterocycles. The van der Waals surface area contributed by atoms with Crippen molar-refractivity contribution >= 4 is 33.3 Å². The molecule has 3 heterocycles. The van der Waals surface area contributed by atoms with E-state index in [1.165, 1.54) is 11.3 Å². The van der Waals surface area contributed by atoms with Gasteiger partial charge in [0.05, 0.1) is 10.3 Å². The van der Waals surface area contributed by atoms with Gasteiger partial charge in [0.1, 0.15) is 17.0 Å². The second-order valence-electron chi connectivity index (χ2n) is 9.53. The maximum absolute atomic E-state index is 13.0. The third kappa shape index (κ3) is 6.14. The van der Waals surface area contributed by atoms with Crippen molar-refractivity contribution in [1.82, 2.24) is 25.1 Å². The van der Waals surface area contributed by atoms with E-state index in [-0.39, 0.29) is 5.91 Å². The van der Waals surface area contributed by atoms with Crippen LogP contribution in [-0.4, -0.2) is 85.1 Å². The zero-order chi connectivity index (χ0) is 22.5. The number of anilines is 1. The number of nitrogens with zero attached hydrogens (tertiary/aromatic N) is 5. The van der Waals surface area contributed by atoms with Crippen molar-refractivity contribution < 1.29 is 4.79 Å². The first kappa shape index (κ1) is 23.9. The molecule has 1 N–H and O–H groups in total. The Kier molecular flexibility index (Phi) is 8.24. The number of fused-ring (bicyclic) bond motifs is 1. The molecule has 0 unspecified atom stereocenters. The van der Waals surface area contributed by atoms with Crippen molar-refractivity contribution in [2.45, 2.75) is 34.6 Å².